The van der Waals surface area contributed by atoms with E-state index in [2.05, 4.69) is 125 Å². The van der Waals surface area contributed by atoms with E-state index in [1.165, 1.54) is 88.3 Å². The van der Waals surface area contributed by atoms with E-state index < -0.39 is 0 Å². The lowest BCUT2D eigenvalue weighted by atomic mass is 9.91. The summed E-state index contributed by atoms with van der Waals surface area (Å²) in [5.74, 6) is 0. The van der Waals surface area contributed by atoms with Crippen molar-refractivity contribution < 1.29 is 0 Å². The molecule has 0 saturated heterocycles. The van der Waals surface area contributed by atoms with Crippen molar-refractivity contribution in [2.45, 2.75) is 34.1 Å². The molecular weight excluding hydrogens is 444 g/mol. The molecule has 0 heteroatoms. The van der Waals surface area contributed by atoms with E-state index in [-0.39, 0.29) is 0 Å². The first-order valence-electron chi connectivity index (χ1n) is 13.2. The average molecular weight is 475 g/mol. The third kappa shape index (κ3) is 3.36. The minimum Gasteiger partial charge on any atom is -0.0613 e. The van der Waals surface area contributed by atoms with Crippen LogP contribution >= 0.6 is 0 Å². The predicted molar refractivity (Wildman–Crippen MR) is 160 cm³/mol. The second kappa shape index (κ2) is 8.18. The number of hydrogen-bond acceptors (Lipinski definition) is 0. The van der Waals surface area contributed by atoms with Crippen molar-refractivity contribution >= 4 is 21.5 Å². The summed E-state index contributed by atoms with van der Waals surface area (Å²) in [7, 11) is 0. The van der Waals surface area contributed by atoms with Gasteiger partial charge in [0.15, 0.2) is 0 Å². The SMILES string of the molecule is Cc1cccc2c(-c3ccc4c(c3)Cc3cc(-c5ccc(C)c6c(C)cccc56)ccc3-4)ccc(C)c12. The summed E-state index contributed by atoms with van der Waals surface area (Å²) >= 11 is 0. The number of aryl methyl sites for hydroxylation is 4. The number of fused-ring (bicyclic) bond motifs is 5. The van der Waals surface area contributed by atoms with E-state index in [0.29, 0.717) is 0 Å². The first-order valence-corrected chi connectivity index (χ1v) is 13.2. The molecule has 0 atom stereocenters. The maximum absolute atomic E-state index is 2.42. The largest absolute Gasteiger partial charge is 0.0613 e. The summed E-state index contributed by atoms with van der Waals surface area (Å²) in [6.07, 6.45) is 0.984. The molecule has 0 saturated carbocycles. The van der Waals surface area contributed by atoms with Crippen molar-refractivity contribution in [3.8, 4) is 33.4 Å². The van der Waals surface area contributed by atoms with Crippen LogP contribution in [-0.4, -0.2) is 0 Å². The van der Waals surface area contributed by atoms with Crippen molar-refractivity contribution in [1.29, 1.82) is 0 Å². The van der Waals surface area contributed by atoms with Crippen molar-refractivity contribution in [1.82, 2.24) is 0 Å². The summed E-state index contributed by atoms with van der Waals surface area (Å²) in [6, 6.07) is 36.6. The summed E-state index contributed by atoms with van der Waals surface area (Å²) in [4.78, 5) is 0. The Morgan fingerprint density at radius 3 is 1.27 bits per heavy atom. The maximum Gasteiger partial charge on any atom is -0.00130 e. The number of rotatable bonds is 2. The molecule has 0 aliphatic heterocycles. The molecule has 0 bridgehead atoms. The second-order valence-electron chi connectivity index (χ2n) is 10.8. The Labute approximate surface area is 219 Å². The lowest BCUT2D eigenvalue weighted by Crippen LogP contribution is -1.89. The zero-order valence-electron chi connectivity index (χ0n) is 21.9. The molecule has 0 fully saturated rings. The van der Waals surface area contributed by atoms with Crippen LogP contribution in [0.2, 0.25) is 0 Å². The highest BCUT2D eigenvalue weighted by molar-refractivity contribution is 6.02. The van der Waals surface area contributed by atoms with Gasteiger partial charge in [0.2, 0.25) is 0 Å². The summed E-state index contributed by atoms with van der Waals surface area (Å²) in [5, 5.41) is 5.46. The van der Waals surface area contributed by atoms with E-state index in [1.54, 1.807) is 0 Å². The smallest absolute Gasteiger partial charge is 0.00130 e. The van der Waals surface area contributed by atoms with Gasteiger partial charge in [0.1, 0.15) is 0 Å². The molecule has 0 heterocycles. The minimum atomic E-state index is 0.984. The molecule has 1 aliphatic carbocycles. The molecule has 0 nitrogen and oxygen atoms in total. The molecule has 6 aromatic rings. The molecule has 0 amide bonds. The Morgan fingerprint density at radius 2 is 0.811 bits per heavy atom. The van der Waals surface area contributed by atoms with Crippen molar-refractivity contribution in [2.24, 2.45) is 0 Å². The van der Waals surface area contributed by atoms with Gasteiger partial charge in [-0.05, 0) is 122 Å². The van der Waals surface area contributed by atoms with Gasteiger partial charge in [0.05, 0.1) is 0 Å². The Hall–Kier alpha value is -4.16. The van der Waals surface area contributed by atoms with Crippen LogP contribution < -0.4 is 0 Å². The van der Waals surface area contributed by atoms with Gasteiger partial charge in [0, 0.05) is 0 Å². The van der Waals surface area contributed by atoms with Gasteiger partial charge in [-0.15, -0.1) is 0 Å². The fraction of sp³-hybridized carbons (Fsp3) is 0.135. The summed E-state index contributed by atoms with van der Waals surface area (Å²) in [5.41, 5.74) is 16.2. The lowest BCUT2D eigenvalue weighted by molar-refractivity contribution is 1.26. The van der Waals surface area contributed by atoms with Crippen molar-refractivity contribution in [2.75, 3.05) is 0 Å². The van der Waals surface area contributed by atoms with Crippen LogP contribution in [0.25, 0.3) is 54.9 Å². The number of benzene rings is 6. The standard InChI is InChI=1S/C37H30/c1-22-7-5-9-34-30(15-11-24(3)36(22)34)26-13-17-32-28(19-26)21-29-20-27(14-18-33(29)32)31-16-12-25(4)37-23(2)8-6-10-35(31)37/h5-20H,21H2,1-4H3. The van der Waals surface area contributed by atoms with E-state index >= 15 is 0 Å². The van der Waals surface area contributed by atoms with Crippen LogP contribution in [0.15, 0.2) is 97.1 Å². The van der Waals surface area contributed by atoms with E-state index in [0.717, 1.165) is 6.42 Å². The Kier molecular flexibility index (Phi) is 4.88. The van der Waals surface area contributed by atoms with Gasteiger partial charge in [-0.2, -0.15) is 0 Å². The quantitative estimate of drug-likeness (QED) is 0.234. The highest BCUT2D eigenvalue weighted by Crippen LogP contribution is 2.42. The van der Waals surface area contributed by atoms with Crippen LogP contribution in [0.1, 0.15) is 33.4 Å². The molecule has 1 aliphatic rings. The van der Waals surface area contributed by atoms with Crippen LogP contribution in [0.3, 0.4) is 0 Å². The van der Waals surface area contributed by atoms with Crippen LogP contribution in [0.5, 0.6) is 0 Å². The molecule has 0 N–H and O–H groups in total. The first kappa shape index (κ1) is 22.1. The van der Waals surface area contributed by atoms with Gasteiger partial charge < -0.3 is 0 Å². The van der Waals surface area contributed by atoms with E-state index in [9.17, 15) is 0 Å². The first-order chi connectivity index (χ1) is 18.0. The topological polar surface area (TPSA) is 0 Å². The van der Waals surface area contributed by atoms with Gasteiger partial charge in [-0.25, -0.2) is 0 Å². The molecule has 178 valence electrons. The Balaban J connectivity index is 1.32. The van der Waals surface area contributed by atoms with Gasteiger partial charge >= 0.3 is 0 Å². The van der Waals surface area contributed by atoms with Gasteiger partial charge in [0.25, 0.3) is 0 Å². The molecule has 0 aromatic heterocycles. The minimum absolute atomic E-state index is 0.984. The highest BCUT2D eigenvalue weighted by Gasteiger charge is 2.21. The molecule has 7 rings (SSSR count). The van der Waals surface area contributed by atoms with Crippen molar-refractivity contribution in [3.63, 3.8) is 0 Å². The molecule has 37 heavy (non-hydrogen) atoms. The fourth-order valence-corrected chi connectivity index (χ4v) is 6.64. The van der Waals surface area contributed by atoms with Crippen LogP contribution in [0.4, 0.5) is 0 Å². The summed E-state index contributed by atoms with van der Waals surface area (Å²) < 4.78 is 0. The Bertz CT molecular complexity index is 1730. The van der Waals surface area contributed by atoms with E-state index in [4.69, 9.17) is 0 Å². The van der Waals surface area contributed by atoms with Gasteiger partial charge in [-0.3, -0.25) is 0 Å². The zero-order chi connectivity index (χ0) is 25.3. The molecule has 0 spiro atoms. The fourth-order valence-electron chi connectivity index (χ4n) is 6.64. The molecular formula is C37H30. The van der Waals surface area contributed by atoms with Crippen LogP contribution in [-0.2, 0) is 6.42 Å². The average Bonchev–Trinajstić information content (AvgIpc) is 3.26. The van der Waals surface area contributed by atoms with Crippen LogP contribution in [0, 0.1) is 27.7 Å². The molecule has 6 aromatic carbocycles. The van der Waals surface area contributed by atoms with Crippen molar-refractivity contribution in [3.05, 3.63) is 130 Å². The summed E-state index contributed by atoms with van der Waals surface area (Å²) in [6.45, 7) is 8.87. The molecule has 0 unspecified atom stereocenters. The third-order valence-corrected chi connectivity index (χ3v) is 8.42. The molecule has 0 radical (unpaired) electrons. The van der Waals surface area contributed by atoms with Gasteiger partial charge in [-0.1, -0.05) is 97.1 Å². The maximum atomic E-state index is 2.42. The normalized spacial score (nSPS) is 12.2. The zero-order valence-corrected chi connectivity index (χ0v) is 21.9. The van der Waals surface area contributed by atoms with E-state index in [1.807, 2.05) is 0 Å². The third-order valence-electron chi connectivity index (χ3n) is 8.42. The Morgan fingerprint density at radius 1 is 0.405 bits per heavy atom. The highest BCUT2D eigenvalue weighted by atomic mass is 14.2. The monoisotopic (exact) mass is 474 g/mol. The lowest BCUT2D eigenvalue weighted by Gasteiger charge is -2.13. The predicted octanol–water partition coefficient (Wildman–Crippen LogP) is 10.1. The number of hydrogen-bond donors (Lipinski definition) is 0. The second-order valence-corrected chi connectivity index (χ2v) is 10.8.